The third kappa shape index (κ3) is 2.14. The molecule has 0 saturated carbocycles. The van der Waals surface area contributed by atoms with Gasteiger partial charge in [-0.15, -0.1) is 0 Å². The van der Waals surface area contributed by atoms with Crippen molar-refractivity contribution in [1.29, 1.82) is 0 Å². The largest absolute Gasteiger partial charge is 0.332 e. The molecular weight excluding hydrogens is 178 g/mol. The first-order valence-electron chi connectivity index (χ1n) is 5.41. The number of Topliss-reactive ketones (excluding diaryl/α,β-unsaturated/α-hetero) is 1. The van der Waals surface area contributed by atoms with E-state index in [9.17, 15) is 9.59 Å². The van der Waals surface area contributed by atoms with Gasteiger partial charge in [-0.3, -0.25) is 9.59 Å². The minimum atomic E-state index is -0.336. The molecule has 1 fully saturated rings. The van der Waals surface area contributed by atoms with Gasteiger partial charge in [-0.2, -0.15) is 0 Å². The van der Waals surface area contributed by atoms with E-state index < -0.39 is 0 Å². The van der Waals surface area contributed by atoms with Gasteiger partial charge in [0.25, 0.3) is 0 Å². The fourth-order valence-electron chi connectivity index (χ4n) is 1.82. The number of ketones is 1. The Morgan fingerprint density at radius 2 is 2.07 bits per heavy atom. The molecule has 1 amide bonds. The minimum Gasteiger partial charge on any atom is -0.332 e. The Labute approximate surface area is 85.5 Å². The van der Waals surface area contributed by atoms with Crippen LogP contribution in [0.5, 0.6) is 0 Å². The Morgan fingerprint density at radius 3 is 2.50 bits per heavy atom. The highest BCUT2D eigenvalue weighted by atomic mass is 16.2. The van der Waals surface area contributed by atoms with Crippen molar-refractivity contribution in [3.8, 4) is 0 Å². The second-order valence-corrected chi connectivity index (χ2v) is 4.22. The van der Waals surface area contributed by atoms with E-state index in [1.807, 2.05) is 13.8 Å². The summed E-state index contributed by atoms with van der Waals surface area (Å²) in [5.74, 6) is -0.187. The Bertz CT molecular complexity index is 235. The summed E-state index contributed by atoms with van der Waals surface area (Å²) in [5.41, 5.74) is 0. The van der Waals surface area contributed by atoms with Crippen molar-refractivity contribution in [2.45, 2.75) is 46.1 Å². The van der Waals surface area contributed by atoms with Gasteiger partial charge in [0.15, 0.2) is 5.78 Å². The summed E-state index contributed by atoms with van der Waals surface area (Å²) in [6.45, 7) is 6.30. The first-order chi connectivity index (χ1) is 6.57. The lowest BCUT2D eigenvalue weighted by Gasteiger charge is -2.19. The molecule has 14 heavy (non-hydrogen) atoms. The highest BCUT2D eigenvalue weighted by molar-refractivity contribution is 6.08. The number of rotatable bonds is 4. The maximum atomic E-state index is 11.8. The fraction of sp³-hybridized carbons (Fsp3) is 0.818. The molecule has 3 heteroatoms. The quantitative estimate of drug-likeness (QED) is 0.642. The third-order valence-corrected chi connectivity index (χ3v) is 2.77. The topological polar surface area (TPSA) is 37.4 Å². The molecule has 1 atom stereocenters. The summed E-state index contributed by atoms with van der Waals surface area (Å²) >= 11 is 0. The summed E-state index contributed by atoms with van der Waals surface area (Å²) in [6.07, 6.45) is 2.74. The lowest BCUT2D eigenvalue weighted by molar-refractivity contribution is -0.133. The molecule has 1 rings (SSSR count). The average molecular weight is 197 g/mol. The number of amides is 1. The van der Waals surface area contributed by atoms with Gasteiger partial charge in [0.05, 0.1) is 12.5 Å². The number of carbonyl (C=O) groups is 2. The summed E-state index contributed by atoms with van der Waals surface area (Å²) in [7, 11) is 0. The van der Waals surface area contributed by atoms with Crippen molar-refractivity contribution in [3.05, 3.63) is 0 Å². The van der Waals surface area contributed by atoms with Gasteiger partial charge in [0, 0.05) is 6.04 Å². The Kier molecular flexibility index (Phi) is 3.67. The number of unbranched alkanes of at least 4 members (excludes halogenated alkanes) is 1. The predicted octanol–water partition coefficient (Wildman–Crippen LogP) is 1.61. The molecule has 80 valence electrons. The summed E-state index contributed by atoms with van der Waals surface area (Å²) in [6, 6.07) is 0.151. The Balaban J connectivity index is 2.61. The van der Waals surface area contributed by atoms with Gasteiger partial charge in [-0.25, -0.2) is 0 Å². The molecule has 0 bridgehead atoms. The van der Waals surface area contributed by atoms with Crippen LogP contribution in [0.2, 0.25) is 0 Å². The van der Waals surface area contributed by atoms with Crippen LogP contribution in [-0.4, -0.2) is 29.2 Å². The average Bonchev–Trinajstić information content (AvgIpc) is 2.40. The van der Waals surface area contributed by atoms with Crippen LogP contribution in [0.3, 0.4) is 0 Å². The summed E-state index contributed by atoms with van der Waals surface area (Å²) in [4.78, 5) is 25.0. The van der Waals surface area contributed by atoms with Crippen molar-refractivity contribution >= 4 is 11.7 Å². The predicted molar refractivity (Wildman–Crippen MR) is 54.9 cm³/mol. The minimum absolute atomic E-state index is 0.0402. The van der Waals surface area contributed by atoms with Gasteiger partial charge in [-0.1, -0.05) is 19.8 Å². The first-order valence-corrected chi connectivity index (χ1v) is 5.41. The lowest BCUT2D eigenvalue weighted by Crippen LogP contribution is -2.33. The van der Waals surface area contributed by atoms with Crippen LogP contribution in [0.25, 0.3) is 0 Å². The van der Waals surface area contributed by atoms with Gasteiger partial charge < -0.3 is 4.90 Å². The van der Waals surface area contributed by atoms with Gasteiger partial charge in [-0.05, 0) is 20.3 Å². The van der Waals surface area contributed by atoms with E-state index in [0.29, 0.717) is 6.54 Å². The molecule has 1 aliphatic heterocycles. The molecule has 0 radical (unpaired) electrons. The van der Waals surface area contributed by atoms with E-state index in [-0.39, 0.29) is 23.7 Å². The number of nitrogens with zero attached hydrogens (tertiary/aromatic N) is 1. The second-order valence-electron chi connectivity index (χ2n) is 4.22. The zero-order valence-corrected chi connectivity index (χ0v) is 9.25. The van der Waals surface area contributed by atoms with Crippen LogP contribution in [-0.2, 0) is 9.59 Å². The van der Waals surface area contributed by atoms with Crippen molar-refractivity contribution in [3.63, 3.8) is 0 Å². The van der Waals surface area contributed by atoms with Crippen LogP contribution in [0.4, 0.5) is 0 Å². The maximum absolute atomic E-state index is 11.8. The molecule has 1 saturated heterocycles. The summed E-state index contributed by atoms with van der Waals surface area (Å²) in [5, 5.41) is 0. The van der Waals surface area contributed by atoms with Crippen LogP contribution in [0.15, 0.2) is 0 Å². The van der Waals surface area contributed by atoms with Crippen LogP contribution >= 0.6 is 0 Å². The van der Waals surface area contributed by atoms with Crippen molar-refractivity contribution in [2.75, 3.05) is 6.54 Å². The molecule has 1 unspecified atom stereocenters. The number of likely N-dealkylation sites (tertiary alicyclic amines) is 1. The maximum Gasteiger partial charge on any atom is 0.233 e. The number of hydrogen-bond acceptors (Lipinski definition) is 2. The van der Waals surface area contributed by atoms with E-state index in [0.717, 1.165) is 19.3 Å². The third-order valence-electron chi connectivity index (χ3n) is 2.77. The number of hydrogen-bond donors (Lipinski definition) is 0. The molecule has 1 aliphatic rings. The van der Waals surface area contributed by atoms with Crippen molar-refractivity contribution in [2.24, 2.45) is 5.92 Å². The summed E-state index contributed by atoms with van der Waals surface area (Å²) < 4.78 is 0. The highest BCUT2D eigenvalue weighted by Gasteiger charge is 2.39. The molecule has 0 spiro atoms. The zero-order chi connectivity index (χ0) is 10.7. The van der Waals surface area contributed by atoms with E-state index >= 15 is 0 Å². The van der Waals surface area contributed by atoms with E-state index in [1.165, 1.54) is 0 Å². The first kappa shape index (κ1) is 11.2. The van der Waals surface area contributed by atoms with Crippen molar-refractivity contribution < 1.29 is 9.59 Å². The van der Waals surface area contributed by atoms with Crippen LogP contribution in [0.1, 0.15) is 40.0 Å². The standard InChI is InChI=1S/C11H19NO2/c1-4-5-6-9-10(13)7-12(8(2)3)11(9)14/h8-9H,4-7H2,1-3H3. The van der Waals surface area contributed by atoms with E-state index in [4.69, 9.17) is 0 Å². The van der Waals surface area contributed by atoms with Gasteiger partial charge in [0.2, 0.25) is 5.91 Å². The molecule has 0 aromatic carbocycles. The van der Waals surface area contributed by atoms with Gasteiger partial charge >= 0.3 is 0 Å². The number of carbonyl (C=O) groups excluding carboxylic acids is 2. The smallest absolute Gasteiger partial charge is 0.233 e. The monoisotopic (exact) mass is 197 g/mol. The Morgan fingerprint density at radius 1 is 1.43 bits per heavy atom. The van der Waals surface area contributed by atoms with Crippen LogP contribution < -0.4 is 0 Å². The molecule has 0 aromatic rings. The lowest BCUT2D eigenvalue weighted by atomic mass is 10.00. The van der Waals surface area contributed by atoms with Crippen molar-refractivity contribution in [1.82, 2.24) is 4.90 Å². The molecular formula is C11H19NO2. The second kappa shape index (κ2) is 4.58. The highest BCUT2D eigenvalue weighted by Crippen LogP contribution is 2.22. The van der Waals surface area contributed by atoms with E-state index in [2.05, 4.69) is 6.92 Å². The van der Waals surface area contributed by atoms with Gasteiger partial charge in [0.1, 0.15) is 0 Å². The normalized spacial score (nSPS) is 22.6. The zero-order valence-electron chi connectivity index (χ0n) is 9.25. The Hall–Kier alpha value is -0.860. The molecule has 3 nitrogen and oxygen atoms in total. The SMILES string of the molecule is CCCCC1C(=O)CN(C(C)C)C1=O. The van der Waals surface area contributed by atoms with Crippen LogP contribution in [0, 0.1) is 5.92 Å². The van der Waals surface area contributed by atoms with E-state index in [1.54, 1.807) is 4.90 Å². The molecule has 0 aliphatic carbocycles. The molecule has 0 N–H and O–H groups in total. The molecule has 0 aromatic heterocycles. The molecule has 1 heterocycles. The fourth-order valence-corrected chi connectivity index (χ4v) is 1.82.